The molecule has 1 atom stereocenters. The Balaban J connectivity index is 1.62. The summed E-state index contributed by atoms with van der Waals surface area (Å²) in [7, 11) is 1.57. The second-order valence-electron chi connectivity index (χ2n) is 8.16. The summed E-state index contributed by atoms with van der Waals surface area (Å²) in [5.41, 5.74) is 6.58. The predicted octanol–water partition coefficient (Wildman–Crippen LogP) is 4.79. The number of aliphatic hydroxyl groups excluding tert-OH is 1. The fraction of sp³-hybridized carbons (Fsp3) is 0.222. The molecule has 1 amide bonds. The highest BCUT2D eigenvalue weighted by Gasteiger charge is 2.20. The highest BCUT2D eigenvalue weighted by atomic mass is 16.5. The molecular formula is C27H28N2O3. The molecule has 0 aliphatic heterocycles. The molecule has 0 fully saturated rings. The molecule has 0 saturated carbocycles. The highest BCUT2D eigenvalue weighted by molar-refractivity contribution is 5.99. The number of fused-ring (bicyclic) bond motifs is 1. The van der Waals surface area contributed by atoms with E-state index < -0.39 is 6.04 Å². The SMILES string of the molecule is COc1c(C)cc(-c2cccc(C)c2)cc1C(=O)N[C@@H](CO)Cc1c[nH]c2ccccc12. The van der Waals surface area contributed by atoms with Gasteiger partial charge in [-0.15, -0.1) is 0 Å². The maximum Gasteiger partial charge on any atom is 0.255 e. The molecule has 0 saturated heterocycles. The van der Waals surface area contributed by atoms with Crippen LogP contribution in [0.4, 0.5) is 0 Å². The van der Waals surface area contributed by atoms with E-state index in [1.54, 1.807) is 7.11 Å². The number of para-hydroxylation sites is 1. The van der Waals surface area contributed by atoms with Crippen molar-refractivity contribution in [1.29, 1.82) is 0 Å². The van der Waals surface area contributed by atoms with Gasteiger partial charge in [-0.3, -0.25) is 4.79 Å². The number of H-pyrrole nitrogens is 1. The molecule has 164 valence electrons. The van der Waals surface area contributed by atoms with E-state index in [9.17, 15) is 9.90 Å². The number of aliphatic hydroxyl groups is 1. The number of aromatic amines is 1. The molecule has 0 bridgehead atoms. The number of carbonyl (C=O) groups excluding carboxylic acids is 1. The average Bonchev–Trinajstić information content (AvgIpc) is 3.20. The number of carbonyl (C=O) groups is 1. The zero-order chi connectivity index (χ0) is 22.7. The van der Waals surface area contributed by atoms with Gasteiger partial charge < -0.3 is 20.1 Å². The Bertz CT molecular complexity index is 1260. The van der Waals surface area contributed by atoms with Crippen molar-refractivity contribution in [3.05, 3.63) is 89.1 Å². The van der Waals surface area contributed by atoms with Crippen LogP contribution in [-0.2, 0) is 6.42 Å². The predicted molar refractivity (Wildman–Crippen MR) is 128 cm³/mol. The van der Waals surface area contributed by atoms with Gasteiger partial charge in [-0.25, -0.2) is 0 Å². The lowest BCUT2D eigenvalue weighted by Crippen LogP contribution is -2.39. The van der Waals surface area contributed by atoms with Crippen LogP contribution in [0.25, 0.3) is 22.0 Å². The molecule has 3 aromatic carbocycles. The molecule has 0 aliphatic carbocycles. The van der Waals surface area contributed by atoms with Crippen LogP contribution in [0.5, 0.6) is 5.75 Å². The number of aromatic nitrogens is 1. The van der Waals surface area contributed by atoms with Crippen molar-refractivity contribution < 1.29 is 14.6 Å². The Kier molecular flexibility index (Phi) is 6.28. The van der Waals surface area contributed by atoms with Crippen LogP contribution in [-0.4, -0.2) is 35.8 Å². The lowest BCUT2D eigenvalue weighted by Gasteiger charge is -2.19. The number of methoxy groups -OCH3 is 1. The summed E-state index contributed by atoms with van der Waals surface area (Å²) in [5.74, 6) is 0.279. The van der Waals surface area contributed by atoms with Crippen LogP contribution in [0.3, 0.4) is 0 Å². The largest absolute Gasteiger partial charge is 0.496 e. The quantitative estimate of drug-likeness (QED) is 0.396. The molecule has 1 heterocycles. The van der Waals surface area contributed by atoms with Gasteiger partial charge in [-0.2, -0.15) is 0 Å². The van der Waals surface area contributed by atoms with E-state index in [1.165, 1.54) is 0 Å². The van der Waals surface area contributed by atoms with Crippen LogP contribution in [0, 0.1) is 13.8 Å². The number of rotatable bonds is 7. The van der Waals surface area contributed by atoms with Crippen molar-refractivity contribution in [3.63, 3.8) is 0 Å². The molecule has 0 radical (unpaired) electrons. The molecule has 0 spiro atoms. The van der Waals surface area contributed by atoms with Gasteiger partial charge in [-0.1, -0.05) is 48.0 Å². The first-order valence-electron chi connectivity index (χ1n) is 10.7. The van der Waals surface area contributed by atoms with Crippen LogP contribution in [0.1, 0.15) is 27.0 Å². The standard InChI is InChI=1S/C27H28N2O3/c1-17-7-6-8-19(11-17)20-12-18(2)26(32-3)24(14-20)27(31)29-22(16-30)13-21-15-28-25-10-5-4-9-23(21)25/h4-12,14-15,22,28,30H,13,16H2,1-3H3,(H,29,31)/t22-/m1/s1. The van der Waals surface area contributed by atoms with Gasteiger partial charge in [0.05, 0.1) is 25.3 Å². The minimum Gasteiger partial charge on any atom is -0.496 e. The molecule has 5 heteroatoms. The van der Waals surface area contributed by atoms with E-state index in [0.717, 1.165) is 38.7 Å². The first-order valence-corrected chi connectivity index (χ1v) is 10.7. The smallest absolute Gasteiger partial charge is 0.255 e. The monoisotopic (exact) mass is 428 g/mol. The lowest BCUT2D eigenvalue weighted by molar-refractivity contribution is 0.0913. The fourth-order valence-electron chi connectivity index (χ4n) is 4.20. The molecule has 0 unspecified atom stereocenters. The summed E-state index contributed by atoms with van der Waals surface area (Å²) >= 11 is 0. The fourth-order valence-corrected chi connectivity index (χ4v) is 4.20. The Morgan fingerprint density at radius 3 is 2.62 bits per heavy atom. The summed E-state index contributed by atoms with van der Waals surface area (Å²) in [6, 6.07) is 19.6. The summed E-state index contributed by atoms with van der Waals surface area (Å²) < 4.78 is 5.56. The van der Waals surface area contributed by atoms with Gasteiger partial charge in [0.15, 0.2) is 0 Å². The van der Waals surface area contributed by atoms with Crippen LogP contribution in [0.15, 0.2) is 66.9 Å². The van der Waals surface area contributed by atoms with Crippen molar-refractivity contribution >= 4 is 16.8 Å². The summed E-state index contributed by atoms with van der Waals surface area (Å²) in [5, 5.41) is 14.1. The van der Waals surface area contributed by atoms with E-state index in [4.69, 9.17) is 4.74 Å². The van der Waals surface area contributed by atoms with Crippen molar-refractivity contribution in [1.82, 2.24) is 10.3 Å². The number of ether oxygens (including phenoxy) is 1. The van der Waals surface area contributed by atoms with Crippen LogP contribution < -0.4 is 10.1 Å². The maximum atomic E-state index is 13.3. The third-order valence-electron chi connectivity index (χ3n) is 5.77. The van der Waals surface area contributed by atoms with E-state index in [-0.39, 0.29) is 12.5 Å². The molecule has 1 aromatic heterocycles. The van der Waals surface area contributed by atoms with Gasteiger partial charge in [0, 0.05) is 17.1 Å². The maximum absolute atomic E-state index is 13.3. The number of hydrogen-bond donors (Lipinski definition) is 3. The second-order valence-corrected chi connectivity index (χ2v) is 8.16. The highest BCUT2D eigenvalue weighted by Crippen LogP contribution is 2.31. The van der Waals surface area contributed by atoms with Crippen molar-refractivity contribution in [2.24, 2.45) is 0 Å². The minimum atomic E-state index is -0.422. The minimum absolute atomic E-state index is 0.163. The normalized spacial score (nSPS) is 12.0. The van der Waals surface area contributed by atoms with E-state index in [1.807, 2.05) is 74.6 Å². The molecule has 4 rings (SSSR count). The van der Waals surface area contributed by atoms with Crippen molar-refractivity contribution in [2.75, 3.05) is 13.7 Å². The topological polar surface area (TPSA) is 74.3 Å². The van der Waals surface area contributed by atoms with Crippen molar-refractivity contribution in [3.8, 4) is 16.9 Å². The number of aryl methyl sites for hydroxylation is 2. The Morgan fingerprint density at radius 2 is 1.88 bits per heavy atom. The lowest BCUT2D eigenvalue weighted by atomic mass is 9.97. The Morgan fingerprint density at radius 1 is 1.06 bits per heavy atom. The van der Waals surface area contributed by atoms with E-state index >= 15 is 0 Å². The Labute approximate surface area is 188 Å². The van der Waals surface area contributed by atoms with Crippen LogP contribution >= 0.6 is 0 Å². The van der Waals surface area contributed by atoms with E-state index in [2.05, 4.69) is 16.4 Å². The zero-order valence-corrected chi connectivity index (χ0v) is 18.6. The molecule has 4 aromatic rings. The zero-order valence-electron chi connectivity index (χ0n) is 18.6. The Hall–Kier alpha value is -3.57. The first-order chi connectivity index (χ1) is 15.5. The molecule has 0 aliphatic rings. The summed E-state index contributed by atoms with van der Waals surface area (Å²) in [4.78, 5) is 16.5. The second kappa shape index (κ2) is 9.28. The number of nitrogens with one attached hydrogen (secondary N) is 2. The average molecular weight is 429 g/mol. The van der Waals surface area contributed by atoms with Gasteiger partial charge in [0.25, 0.3) is 5.91 Å². The molecule has 32 heavy (non-hydrogen) atoms. The molecule has 5 nitrogen and oxygen atoms in total. The van der Waals surface area contributed by atoms with Gasteiger partial charge in [-0.05, 0) is 60.7 Å². The molecular weight excluding hydrogens is 400 g/mol. The number of benzene rings is 3. The third kappa shape index (κ3) is 4.39. The van der Waals surface area contributed by atoms with Gasteiger partial charge in [0.1, 0.15) is 5.75 Å². The van der Waals surface area contributed by atoms with E-state index in [0.29, 0.717) is 17.7 Å². The first kappa shape index (κ1) is 21.7. The van der Waals surface area contributed by atoms with Gasteiger partial charge in [0.2, 0.25) is 0 Å². The van der Waals surface area contributed by atoms with Gasteiger partial charge >= 0.3 is 0 Å². The third-order valence-corrected chi connectivity index (χ3v) is 5.77. The number of hydrogen-bond acceptors (Lipinski definition) is 3. The summed E-state index contributed by atoms with van der Waals surface area (Å²) in [6.07, 6.45) is 2.45. The molecule has 3 N–H and O–H groups in total. The number of amides is 1. The van der Waals surface area contributed by atoms with Crippen molar-refractivity contribution in [2.45, 2.75) is 26.3 Å². The summed E-state index contributed by atoms with van der Waals surface area (Å²) in [6.45, 7) is 3.82. The van der Waals surface area contributed by atoms with Crippen LogP contribution in [0.2, 0.25) is 0 Å².